The molecule has 1 amide bonds. The Labute approximate surface area is 179 Å². The van der Waals surface area contributed by atoms with E-state index in [9.17, 15) is 4.79 Å². The quantitative estimate of drug-likeness (QED) is 0.746. The molecule has 1 unspecified atom stereocenters. The van der Waals surface area contributed by atoms with Gasteiger partial charge < -0.3 is 11.1 Å². The number of amides is 1. The summed E-state index contributed by atoms with van der Waals surface area (Å²) in [5.74, 6) is 3.42. The minimum atomic E-state index is -0.120. The monoisotopic (exact) mass is 402 g/mol. The van der Waals surface area contributed by atoms with Crippen LogP contribution in [0.1, 0.15) is 60.4 Å². The van der Waals surface area contributed by atoms with E-state index in [-0.39, 0.29) is 17.8 Å². The number of nitrogen functional groups attached to an aromatic ring is 1. The summed E-state index contributed by atoms with van der Waals surface area (Å²) in [6.07, 6.45) is 14.0. The standard InChI is InChI=1S/C25H30N4O/c1-2-13-29-14-12-20(17-29)18-8-10-19(11-9-18)21-15-23(24(26)27-16-21)25(30)28-22-6-4-3-5-7-22/h1,8-11,15-16,20,22H,3-7,12-14,17H2,(H2,26,27)(H,28,30). The number of hydrogen-bond donors (Lipinski definition) is 2. The molecule has 0 bridgehead atoms. The summed E-state index contributed by atoms with van der Waals surface area (Å²) >= 11 is 0. The van der Waals surface area contributed by atoms with Gasteiger partial charge in [0.25, 0.3) is 5.91 Å². The number of benzene rings is 1. The normalized spacial score (nSPS) is 20.0. The van der Waals surface area contributed by atoms with E-state index in [1.807, 2.05) is 6.07 Å². The molecule has 1 atom stereocenters. The molecule has 156 valence electrons. The number of carbonyl (C=O) groups is 1. The summed E-state index contributed by atoms with van der Waals surface area (Å²) in [5.41, 5.74) is 9.76. The van der Waals surface area contributed by atoms with Crippen LogP contribution in [0.15, 0.2) is 36.5 Å². The van der Waals surface area contributed by atoms with Crippen molar-refractivity contribution in [3.8, 4) is 23.5 Å². The van der Waals surface area contributed by atoms with Crippen LogP contribution in [0.2, 0.25) is 0 Å². The number of hydrogen-bond acceptors (Lipinski definition) is 4. The summed E-state index contributed by atoms with van der Waals surface area (Å²) in [5, 5.41) is 3.14. The van der Waals surface area contributed by atoms with Gasteiger partial charge in [-0.15, -0.1) is 6.42 Å². The van der Waals surface area contributed by atoms with Gasteiger partial charge in [0, 0.05) is 24.3 Å². The van der Waals surface area contributed by atoms with Gasteiger partial charge in [0.15, 0.2) is 0 Å². The molecule has 2 heterocycles. The van der Waals surface area contributed by atoms with Crippen LogP contribution >= 0.6 is 0 Å². The lowest BCUT2D eigenvalue weighted by Crippen LogP contribution is -2.36. The van der Waals surface area contributed by atoms with Gasteiger partial charge in [-0.3, -0.25) is 9.69 Å². The van der Waals surface area contributed by atoms with Crippen LogP contribution < -0.4 is 11.1 Å². The lowest BCUT2D eigenvalue weighted by atomic mass is 9.95. The number of terminal acetylenes is 1. The van der Waals surface area contributed by atoms with Gasteiger partial charge in [-0.05, 0) is 48.9 Å². The summed E-state index contributed by atoms with van der Waals surface area (Å²) in [6, 6.07) is 10.7. The molecular formula is C25H30N4O. The Hall–Kier alpha value is -2.84. The maximum atomic E-state index is 12.8. The number of nitrogens with one attached hydrogen (secondary N) is 1. The number of pyridine rings is 1. The Morgan fingerprint density at radius 2 is 1.93 bits per heavy atom. The van der Waals surface area contributed by atoms with E-state index < -0.39 is 0 Å². The molecule has 1 aliphatic carbocycles. The largest absolute Gasteiger partial charge is 0.383 e. The molecule has 4 rings (SSSR count). The molecule has 3 N–H and O–H groups in total. The molecule has 1 aliphatic heterocycles. The second-order valence-electron chi connectivity index (χ2n) is 8.51. The molecule has 5 heteroatoms. The molecule has 5 nitrogen and oxygen atoms in total. The molecule has 1 aromatic heterocycles. The number of nitrogens with two attached hydrogens (primary N) is 1. The average molecular weight is 403 g/mol. The first kappa shape index (κ1) is 20.4. The van der Waals surface area contributed by atoms with Crippen LogP contribution in [0.5, 0.6) is 0 Å². The molecule has 2 aromatic rings. The highest BCUT2D eigenvalue weighted by molar-refractivity contribution is 5.99. The Balaban J connectivity index is 1.47. The zero-order chi connectivity index (χ0) is 20.9. The van der Waals surface area contributed by atoms with Crippen LogP contribution in [0.4, 0.5) is 5.82 Å². The third-order valence-corrected chi connectivity index (χ3v) is 6.41. The van der Waals surface area contributed by atoms with Gasteiger partial charge >= 0.3 is 0 Å². The van der Waals surface area contributed by atoms with Gasteiger partial charge in [0.05, 0.1) is 12.1 Å². The number of rotatable bonds is 5. The van der Waals surface area contributed by atoms with Crippen molar-refractivity contribution in [2.45, 2.75) is 50.5 Å². The highest BCUT2D eigenvalue weighted by atomic mass is 16.1. The van der Waals surface area contributed by atoms with E-state index >= 15 is 0 Å². The van der Waals surface area contributed by atoms with Crippen molar-refractivity contribution in [3.05, 3.63) is 47.7 Å². The predicted molar refractivity (Wildman–Crippen MR) is 121 cm³/mol. The summed E-state index contributed by atoms with van der Waals surface area (Å²) in [4.78, 5) is 19.4. The minimum absolute atomic E-state index is 0.120. The number of carbonyl (C=O) groups excluding carboxylic acids is 1. The third kappa shape index (κ3) is 4.66. The van der Waals surface area contributed by atoms with E-state index in [0.717, 1.165) is 50.0 Å². The Morgan fingerprint density at radius 1 is 1.17 bits per heavy atom. The van der Waals surface area contributed by atoms with Crippen molar-refractivity contribution in [3.63, 3.8) is 0 Å². The summed E-state index contributed by atoms with van der Waals surface area (Å²) in [7, 11) is 0. The molecule has 2 aliphatic rings. The molecule has 30 heavy (non-hydrogen) atoms. The molecular weight excluding hydrogens is 372 g/mol. The zero-order valence-corrected chi connectivity index (χ0v) is 17.4. The van der Waals surface area contributed by atoms with Crippen molar-refractivity contribution in [1.82, 2.24) is 15.2 Å². The van der Waals surface area contributed by atoms with Crippen molar-refractivity contribution in [1.29, 1.82) is 0 Å². The van der Waals surface area contributed by atoms with E-state index in [1.165, 1.54) is 24.8 Å². The number of aromatic nitrogens is 1. The average Bonchev–Trinajstić information content (AvgIpc) is 3.24. The highest BCUT2D eigenvalue weighted by Gasteiger charge is 2.23. The van der Waals surface area contributed by atoms with Crippen molar-refractivity contribution < 1.29 is 4.79 Å². The smallest absolute Gasteiger partial charge is 0.255 e. The van der Waals surface area contributed by atoms with Gasteiger partial charge in [-0.2, -0.15) is 0 Å². The van der Waals surface area contributed by atoms with E-state index in [4.69, 9.17) is 12.2 Å². The number of nitrogens with zero attached hydrogens (tertiary/aromatic N) is 2. The minimum Gasteiger partial charge on any atom is -0.383 e. The lowest BCUT2D eigenvalue weighted by molar-refractivity contribution is 0.0928. The Kier molecular flexibility index (Phi) is 6.35. The number of anilines is 1. The fourth-order valence-electron chi connectivity index (χ4n) is 4.65. The highest BCUT2D eigenvalue weighted by Crippen LogP contribution is 2.29. The lowest BCUT2D eigenvalue weighted by Gasteiger charge is -2.23. The van der Waals surface area contributed by atoms with Crippen LogP contribution in [0.3, 0.4) is 0 Å². The third-order valence-electron chi connectivity index (χ3n) is 6.41. The van der Waals surface area contributed by atoms with Crippen LogP contribution in [0, 0.1) is 12.3 Å². The maximum Gasteiger partial charge on any atom is 0.255 e. The van der Waals surface area contributed by atoms with Crippen molar-refractivity contribution >= 4 is 11.7 Å². The zero-order valence-electron chi connectivity index (χ0n) is 17.4. The predicted octanol–water partition coefficient (Wildman–Crippen LogP) is 3.82. The fourth-order valence-corrected chi connectivity index (χ4v) is 4.65. The van der Waals surface area contributed by atoms with Gasteiger partial charge in [-0.1, -0.05) is 49.4 Å². The van der Waals surface area contributed by atoms with Gasteiger partial charge in [0.2, 0.25) is 0 Å². The van der Waals surface area contributed by atoms with Crippen LogP contribution in [0.25, 0.3) is 11.1 Å². The van der Waals surface area contributed by atoms with Crippen molar-refractivity contribution in [2.24, 2.45) is 0 Å². The summed E-state index contributed by atoms with van der Waals surface area (Å²) in [6.45, 7) is 2.79. The van der Waals surface area contributed by atoms with E-state index in [2.05, 4.69) is 45.4 Å². The van der Waals surface area contributed by atoms with E-state index in [0.29, 0.717) is 11.5 Å². The van der Waals surface area contributed by atoms with Gasteiger partial charge in [-0.25, -0.2) is 4.98 Å². The molecule has 2 fully saturated rings. The molecule has 0 radical (unpaired) electrons. The molecule has 1 saturated heterocycles. The molecule has 1 saturated carbocycles. The maximum absolute atomic E-state index is 12.8. The SMILES string of the molecule is C#CCN1CCC(c2ccc(-c3cnc(N)c(C(=O)NC4CCCCC4)c3)cc2)C1. The molecule has 0 spiro atoms. The van der Waals surface area contributed by atoms with Crippen LogP contribution in [-0.4, -0.2) is 41.5 Å². The summed E-state index contributed by atoms with van der Waals surface area (Å²) < 4.78 is 0. The van der Waals surface area contributed by atoms with E-state index in [1.54, 1.807) is 6.20 Å². The first-order valence-corrected chi connectivity index (χ1v) is 11.0. The second-order valence-corrected chi connectivity index (χ2v) is 8.51. The fraction of sp³-hybridized carbons (Fsp3) is 0.440. The number of likely N-dealkylation sites (tertiary alicyclic amines) is 1. The van der Waals surface area contributed by atoms with Gasteiger partial charge in [0.1, 0.15) is 5.82 Å². The Morgan fingerprint density at radius 3 is 2.67 bits per heavy atom. The van der Waals surface area contributed by atoms with Crippen LogP contribution in [-0.2, 0) is 0 Å². The first-order chi connectivity index (χ1) is 14.6. The van der Waals surface area contributed by atoms with Crippen molar-refractivity contribution in [2.75, 3.05) is 25.4 Å². The first-order valence-electron chi connectivity index (χ1n) is 11.0. The molecule has 1 aromatic carbocycles. The Bertz CT molecular complexity index is 925. The second kappa shape index (κ2) is 9.32. The topological polar surface area (TPSA) is 71.2 Å².